The third-order valence-electron chi connectivity index (χ3n) is 3.13. The van der Waals surface area contributed by atoms with Crippen LogP contribution in [0.15, 0.2) is 18.2 Å². The highest BCUT2D eigenvalue weighted by Gasteiger charge is 2.19. The van der Waals surface area contributed by atoms with Crippen molar-refractivity contribution in [1.29, 1.82) is 0 Å². The number of hydrogen-bond acceptors (Lipinski definition) is 6. The Bertz CT molecular complexity index is 653. The molecular formula is C13H17N5O3. The van der Waals surface area contributed by atoms with Crippen molar-refractivity contribution < 1.29 is 9.66 Å². The molecule has 1 heterocycles. The lowest BCUT2D eigenvalue weighted by Gasteiger charge is -2.08. The zero-order chi connectivity index (χ0) is 15.4. The number of ether oxygens (including phenoxy) is 1. The van der Waals surface area contributed by atoms with Gasteiger partial charge in [0.2, 0.25) is 0 Å². The second kappa shape index (κ2) is 6.31. The van der Waals surface area contributed by atoms with Crippen LogP contribution in [0.2, 0.25) is 0 Å². The zero-order valence-corrected chi connectivity index (χ0v) is 11.9. The quantitative estimate of drug-likeness (QED) is 0.639. The number of nitro benzene ring substituents is 1. The van der Waals surface area contributed by atoms with E-state index in [1.807, 2.05) is 6.92 Å². The van der Waals surface area contributed by atoms with Crippen molar-refractivity contribution in [3.05, 3.63) is 39.7 Å². The number of rotatable bonds is 6. The molecule has 0 saturated carbocycles. The second-order valence-electron chi connectivity index (χ2n) is 4.46. The second-order valence-corrected chi connectivity index (χ2v) is 4.46. The van der Waals surface area contributed by atoms with Crippen LogP contribution in [0.4, 0.5) is 5.69 Å². The molecule has 0 radical (unpaired) electrons. The minimum Gasteiger partial charge on any atom is -0.490 e. The van der Waals surface area contributed by atoms with Crippen LogP contribution in [0, 0.1) is 10.1 Å². The molecule has 0 aliphatic rings. The first-order chi connectivity index (χ1) is 10.1. The molecule has 2 aromatic rings. The molecule has 0 bridgehead atoms. The maximum Gasteiger partial charge on any atom is 0.313 e. The summed E-state index contributed by atoms with van der Waals surface area (Å²) in [7, 11) is 1.40. The number of methoxy groups -OCH3 is 1. The Kier molecular flexibility index (Phi) is 4.49. The highest BCUT2D eigenvalue weighted by Crippen LogP contribution is 2.29. The van der Waals surface area contributed by atoms with Crippen molar-refractivity contribution in [2.24, 2.45) is 5.73 Å². The van der Waals surface area contributed by atoms with Gasteiger partial charge in [-0.3, -0.25) is 10.1 Å². The number of benzene rings is 1. The van der Waals surface area contributed by atoms with E-state index in [9.17, 15) is 10.1 Å². The number of nitrogens with two attached hydrogens (primary N) is 1. The van der Waals surface area contributed by atoms with E-state index in [1.165, 1.54) is 13.2 Å². The molecule has 0 spiro atoms. The SMILES string of the molecule is CCCc1c(CN)nnn1-c1ccc(OC)c([N+](=O)[O-])c1. The van der Waals surface area contributed by atoms with Crippen LogP contribution >= 0.6 is 0 Å². The average molecular weight is 291 g/mol. The summed E-state index contributed by atoms with van der Waals surface area (Å²) in [5.41, 5.74) is 7.69. The molecule has 112 valence electrons. The third kappa shape index (κ3) is 2.84. The van der Waals surface area contributed by atoms with Gasteiger partial charge in [0, 0.05) is 12.6 Å². The van der Waals surface area contributed by atoms with Gasteiger partial charge in [0.25, 0.3) is 0 Å². The normalized spacial score (nSPS) is 10.6. The van der Waals surface area contributed by atoms with Gasteiger partial charge in [0.15, 0.2) is 5.75 Å². The molecular weight excluding hydrogens is 274 g/mol. The summed E-state index contributed by atoms with van der Waals surface area (Å²) in [5, 5.41) is 19.2. The molecule has 0 unspecified atom stereocenters. The Morgan fingerprint density at radius 2 is 2.24 bits per heavy atom. The fourth-order valence-electron chi connectivity index (χ4n) is 2.14. The van der Waals surface area contributed by atoms with Gasteiger partial charge in [-0.25, -0.2) is 4.68 Å². The van der Waals surface area contributed by atoms with E-state index in [0.29, 0.717) is 11.4 Å². The lowest BCUT2D eigenvalue weighted by atomic mass is 10.2. The predicted molar refractivity (Wildman–Crippen MR) is 76.5 cm³/mol. The lowest BCUT2D eigenvalue weighted by molar-refractivity contribution is -0.385. The molecule has 0 fully saturated rings. The standard InChI is InChI=1S/C13H17N5O3/c1-3-4-11-10(8-14)15-16-17(11)9-5-6-13(21-2)12(7-9)18(19)20/h5-7H,3-4,8,14H2,1-2H3. The molecule has 0 atom stereocenters. The smallest absolute Gasteiger partial charge is 0.313 e. The summed E-state index contributed by atoms with van der Waals surface area (Å²) in [6.45, 7) is 2.32. The van der Waals surface area contributed by atoms with Crippen LogP contribution in [-0.2, 0) is 13.0 Å². The van der Waals surface area contributed by atoms with E-state index in [4.69, 9.17) is 10.5 Å². The first-order valence-corrected chi connectivity index (χ1v) is 6.58. The van der Waals surface area contributed by atoms with Crippen molar-refractivity contribution in [3.8, 4) is 11.4 Å². The summed E-state index contributed by atoms with van der Waals surface area (Å²) >= 11 is 0. The molecule has 2 N–H and O–H groups in total. The molecule has 8 heteroatoms. The minimum atomic E-state index is -0.484. The fraction of sp³-hybridized carbons (Fsp3) is 0.385. The Labute approximate surface area is 121 Å². The van der Waals surface area contributed by atoms with Gasteiger partial charge in [-0.15, -0.1) is 5.10 Å². The molecule has 1 aromatic carbocycles. The molecule has 8 nitrogen and oxygen atoms in total. The van der Waals surface area contributed by atoms with Gasteiger partial charge < -0.3 is 10.5 Å². The summed E-state index contributed by atoms with van der Waals surface area (Å²) in [6, 6.07) is 4.68. The lowest BCUT2D eigenvalue weighted by Crippen LogP contribution is -2.06. The highest BCUT2D eigenvalue weighted by atomic mass is 16.6. The van der Waals surface area contributed by atoms with E-state index >= 15 is 0 Å². The van der Waals surface area contributed by atoms with Gasteiger partial charge in [-0.2, -0.15) is 0 Å². The predicted octanol–water partition coefficient (Wildman–Crippen LogP) is 1.60. The summed E-state index contributed by atoms with van der Waals surface area (Å²) in [5.74, 6) is 0.208. The maximum atomic E-state index is 11.1. The maximum absolute atomic E-state index is 11.1. The molecule has 21 heavy (non-hydrogen) atoms. The van der Waals surface area contributed by atoms with Crippen molar-refractivity contribution in [1.82, 2.24) is 15.0 Å². The Hall–Kier alpha value is -2.48. The van der Waals surface area contributed by atoms with Crippen molar-refractivity contribution >= 4 is 5.69 Å². The van der Waals surface area contributed by atoms with Gasteiger partial charge in [-0.1, -0.05) is 18.6 Å². The average Bonchev–Trinajstić information content (AvgIpc) is 2.89. The summed E-state index contributed by atoms with van der Waals surface area (Å²) in [6.07, 6.45) is 1.65. The molecule has 0 aliphatic carbocycles. The first kappa shape index (κ1) is 14.9. The van der Waals surface area contributed by atoms with Gasteiger partial charge in [0.1, 0.15) is 0 Å². The van der Waals surface area contributed by atoms with E-state index in [0.717, 1.165) is 18.5 Å². The van der Waals surface area contributed by atoms with Crippen LogP contribution in [-0.4, -0.2) is 27.0 Å². The summed E-state index contributed by atoms with van der Waals surface area (Å²) < 4.78 is 6.59. The third-order valence-corrected chi connectivity index (χ3v) is 3.13. The van der Waals surface area contributed by atoms with Crippen LogP contribution in [0.1, 0.15) is 24.7 Å². The van der Waals surface area contributed by atoms with Gasteiger partial charge >= 0.3 is 5.69 Å². The molecule has 0 amide bonds. The Morgan fingerprint density at radius 1 is 1.48 bits per heavy atom. The highest BCUT2D eigenvalue weighted by molar-refractivity contribution is 5.53. The van der Waals surface area contributed by atoms with Crippen molar-refractivity contribution in [2.45, 2.75) is 26.3 Å². The first-order valence-electron chi connectivity index (χ1n) is 6.58. The zero-order valence-electron chi connectivity index (χ0n) is 11.9. The largest absolute Gasteiger partial charge is 0.490 e. The number of hydrogen-bond donors (Lipinski definition) is 1. The van der Waals surface area contributed by atoms with Gasteiger partial charge in [0.05, 0.1) is 29.1 Å². The minimum absolute atomic E-state index is 0.109. The fourth-order valence-corrected chi connectivity index (χ4v) is 2.14. The van der Waals surface area contributed by atoms with E-state index in [2.05, 4.69) is 10.3 Å². The topological polar surface area (TPSA) is 109 Å². The number of aromatic nitrogens is 3. The van der Waals surface area contributed by atoms with E-state index in [1.54, 1.807) is 16.8 Å². The Morgan fingerprint density at radius 3 is 2.81 bits per heavy atom. The molecule has 2 rings (SSSR count). The molecule has 0 aliphatic heterocycles. The van der Waals surface area contributed by atoms with E-state index in [-0.39, 0.29) is 18.0 Å². The van der Waals surface area contributed by atoms with Crippen molar-refractivity contribution in [2.75, 3.05) is 7.11 Å². The van der Waals surface area contributed by atoms with E-state index < -0.39 is 4.92 Å². The van der Waals surface area contributed by atoms with Crippen LogP contribution in [0.25, 0.3) is 5.69 Å². The van der Waals surface area contributed by atoms with Crippen LogP contribution in [0.3, 0.4) is 0 Å². The Balaban J connectivity index is 2.54. The summed E-state index contributed by atoms with van der Waals surface area (Å²) in [4.78, 5) is 10.6. The molecule has 0 saturated heterocycles. The van der Waals surface area contributed by atoms with Crippen LogP contribution in [0.5, 0.6) is 5.75 Å². The van der Waals surface area contributed by atoms with Gasteiger partial charge in [-0.05, 0) is 18.6 Å². The number of nitrogens with zero attached hydrogens (tertiary/aromatic N) is 4. The van der Waals surface area contributed by atoms with Crippen LogP contribution < -0.4 is 10.5 Å². The number of nitro groups is 1. The van der Waals surface area contributed by atoms with Crippen molar-refractivity contribution in [3.63, 3.8) is 0 Å². The molecule has 1 aromatic heterocycles. The monoisotopic (exact) mass is 291 g/mol.